The first kappa shape index (κ1) is 141. The number of thioether (sulfide) groups is 1. The lowest BCUT2D eigenvalue weighted by atomic mass is 9.78. The van der Waals surface area contributed by atoms with Crippen LogP contribution < -0.4 is 15.3 Å². The number of Topliss-reactive ketones (excluding diaryl/α,β-unsaturated/α-hetero) is 1. The molecule has 0 amide bonds. The Hall–Kier alpha value is -7.92. The number of hydrogen-bond donors (Lipinski definition) is 0. The van der Waals surface area contributed by atoms with Gasteiger partial charge in [-0.2, -0.15) is 11.8 Å². The van der Waals surface area contributed by atoms with Crippen LogP contribution in [0.3, 0.4) is 0 Å². The molecule has 10 rings (SSSR count). The van der Waals surface area contributed by atoms with Crippen LogP contribution in [0.2, 0.25) is 39.3 Å². The lowest BCUT2D eigenvalue weighted by molar-refractivity contribution is -0.115. The Balaban J connectivity index is -0.000000147. The second-order valence-corrected chi connectivity index (χ2v) is 47.5. The zero-order valence-electron chi connectivity index (χ0n) is 90.7. The number of rotatable bonds is 14. The highest BCUT2D eigenvalue weighted by Gasteiger charge is 2.25. The van der Waals surface area contributed by atoms with E-state index in [9.17, 15) is 4.79 Å². The highest BCUT2D eigenvalue weighted by Crippen LogP contribution is 2.30. The van der Waals surface area contributed by atoms with E-state index in [1.54, 1.807) is 40.2 Å². The average Bonchev–Trinajstić information content (AvgIpc) is 0.820. The molecule has 0 spiro atoms. The van der Waals surface area contributed by atoms with Gasteiger partial charge in [0.15, 0.2) is 0 Å². The molecular formula is C118H196N2O5S2Si2. The first-order chi connectivity index (χ1) is 60.6. The number of nitrogens with zero attached hydrogens (tertiary/aromatic N) is 2. The molecular weight excluding hydrogens is 1650 g/mol. The molecule has 0 heterocycles. The van der Waals surface area contributed by atoms with Crippen molar-refractivity contribution in [3.8, 4) is 0 Å². The first-order valence-electron chi connectivity index (χ1n) is 46.1. The molecule has 0 unspecified atom stereocenters. The summed E-state index contributed by atoms with van der Waals surface area (Å²) in [4.78, 5) is 14.5. The number of thiocarbonyl (C=S) groups is 1. The second-order valence-electron chi connectivity index (χ2n) is 35.5. The van der Waals surface area contributed by atoms with E-state index < -0.39 is 16.1 Å². The topological polar surface area (TPSA) is 60.5 Å². The molecule has 0 bridgehead atoms. The van der Waals surface area contributed by atoms with Gasteiger partial charge in [0, 0.05) is 61.7 Å². The van der Waals surface area contributed by atoms with Gasteiger partial charge >= 0.3 is 0 Å². The van der Waals surface area contributed by atoms with Gasteiger partial charge in [-0.1, -0.05) is 503 Å². The van der Waals surface area contributed by atoms with Crippen LogP contribution in [0.5, 0.6) is 0 Å². The summed E-state index contributed by atoms with van der Waals surface area (Å²) in [5, 5.41) is 2.99. The highest BCUT2D eigenvalue weighted by molar-refractivity contribution is 7.97. The lowest BCUT2D eigenvalue weighted by Crippen LogP contribution is -2.52. The van der Waals surface area contributed by atoms with E-state index in [0.29, 0.717) is 31.8 Å². The van der Waals surface area contributed by atoms with Crippen molar-refractivity contribution in [3.63, 3.8) is 0 Å². The van der Waals surface area contributed by atoms with Gasteiger partial charge in [-0.3, -0.25) is 0 Å². The maximum atomic E-state index is 9.44. The maximum absolute atomic E-state index is 9.44. The van der Waals surface area contributed by atoms with Crippen molar-refractivity contribution < 1.29 is 23.7 Å². The van der Waals surface area contributed by atoms with Gasteiger partial charge in [0.1, 0.15) is 13.9 Å². The minimum atomic E-state index is -1.46. The highest BCUT2D eigenvalue weighted by atomic mass is 32.2. The molecule has 0 atom stereocenters. The Morgan fingerprint density at radius 1 is 0.380 bits per heavy atom. The number of unbranched alkanes of at least 4 members (excludes halogenated alkanes) is 3. The summed E-state index contributed by atoms with van der Waals surface area (Å²) in [6.45, 7) is 68.6. The van der Waals surface area contributed by atoms with Crippen molar-refractivity contribution in [2.45, 2.75) is 256 Å². The number of allylic oxidation sites excluding steroid dienone is 2. The van der Waals surface area contributed by atoms with Crippen LogP contribution in [0, 0.1) is 53.9 Å². The number of benzene rings is 10. The minimum Gasteiger partial charge on any atom is -0.388 e. The molecule has 0 saturated heterocycles. The van der Waals surface area contributed by atoms with Crippen molar-refractivity contribution in [1.29, 1.82) is 0 Å². The summed E-state index contributed by atoms with van der Waals surface area (Å²) >= 11 is 6.29. The van der Waals surface area contributed by atoms with Gasteiger partial charge in [-0.25, -0.2) is 0 Å². The number of methoxy groups -OCH3 is 3. The summed E-state index contributed by atoms with van der Waals surface area (Å²) in [5.41, 5.74) is 13.9. The summed E-state index contributed by atoms with van der Waals surface area (Å²) in [6.07, 6.45) is 16.0. The third-order valence-electron chi connectivity index (χ3n) is 15.1. The first-order valence-corrected chi connectivity index (χ1v) is 55.2. The summed E-state index contributed by atoms with van der Waals surface area (Å²) in [6, 6.07) is 101. The molecule has 129 heavy (non-hydrogen) atoms. The Kier molecular flexibility index (Phi) is 112. The van der Waals surface area contributed by atoms with Gasteiger partial charge in [0.25, 0.3) is 0 Å². The van der Waals surface area contributed by atoms with E-state index in [0.717, 1.165) is 4.86 Å². The number of carbonyl (C=O) groups is 1. The fourth-order valence-corrected chi connectivity index (χ4v) is 10.6. The van der Waals surface area contributed by atoms with Crippen molar-refractivity contribution in [2.75, 3.05) is 108 Å². The number of carbonyl (C=O) groups excluding carboxylic acids is 1. The molecule has 728 valence electrons. The van der Waals surface area contributed by atoms with E-state index in [1.165, 1.54) is 119 Å². The molecule has 0 aliphatic rings. The predicted octanol–water partition coefficient (Wildman–Crippen LogP) is 33.6. The van der Waals surface area contributed by atoms with E-state index in [4.69, 9.17) is 14.2 Å². The third-order valence-corrected chi connectivity index (χ3v) is 18.6. The maximum Gasteiger partial charge on any atom is 0.126 e. The van der Waals surface area contributed by atoms with E-state index in [-0.39, 0.29) is 11.2 Å². The SMILES string of the molecule is C/C=C\C.CC(C)(C)C.CC(C)(c1ccccc1)c1ccccc1.CC(C)=O.CC(C)=S.CCC.CCCC.CCCCC.CN(C)C.CN(C)c1ccccc1.COC.COCCOCCOC.CSC.C[Si](C)(C)C.C[Si](C)(c1ccccc1)c1ccccc1.Cc1ccc(C)cc1.Cc1cccc(C)c1.Cc1ccccc1.Cc1ccccc1C.c1ccccc1. The zero-order valence-corrected chi connectivity index (χ0v) is 94.3. The largest absolute Gasteiger partial charge is 0.388 e. The zero-order chi connectivity index (χ0) is 101. The molecule has 0 N–H and O–H groups in total. The van der Waals surface area contributed by atoms with E-state index >= 15 is 0 Å². The Bertz CT molecular complexity index is 3530. The lowest BCUT2D eigenvalue weighted by Gasteiger charge is -2.25. The monoisotopic (exact) mass is 1840 g/mol. The van der Waals surface area contributed by atoms with Crippen LogP contribution in [0.25, 0.3) is 0 Å². The number of anilines is 1. The van der Waals surface area contributed by atoms with Gasteiger partial charge in [0.2, 0.25) is 0 Å². The van der Waals surface area contributed by atoms with Crippen LogP contribution in [-0.4, -0.2) is 134 Å². The second kappa shape index (κ2) is 102. The summed E-state index contributed by atoms with van der Waals surface area (Å²) in [7, 11) is 14.6. The number of aryl methyl sites for hydroxylation is 7. The molecule has 11 heteroatoms. The van der Waals surface area contributed by atoms with Gasteiger partial charge in [-0.15, -0.1) is 0 Å². The van der Waals surface area contributed by atoms with Gasteiger partial charge < -0.3 is 33.5 Å². The fraction of sp³-hybridized carbons (Fsp3) is 0.458. The van der Waals surface area contributed by atoms with Crippen molar-refractivity contribution in [2.24, 2.45) is 5.41 Å². The average molecular weight is 1840 g/mol. The molecule has 0 saturated carbocycles. The minimum absolute atomic E-state index is 0.0858. The fourth-order valence-electron chi connectivity index (χ4n) is 8.24. The predicted molar refractivity (Wildman–Crippen MR) is 604 cm³/mol. The van der Waals surface area contributed by atoms with Gasteiger partial charge in [0.05, 0.1) is 26.4 Å². The number of ketones is 1. The molecule has 10 aromatic rings. The van der Waals surface area contributed by atoms with Crippen molar-refractivity contribution >= 4 is 66.8 Å². The molecule has 10 aromatic carbocycles. The van der Waals surface area contributed by atoms with Crippen molar-refractivity contribution in [3.05, 3.63) is 353 Å². The van der Waals surface area contributed by atoms with Crippen molar-refractivity contribution in [1.82, 2.24) is 4.90 Å². The number of para-hydroxylation sites is 1. The summed E-state index contributed by atoms with van der Waals surface area (Å²) in [5.74, 6) is 0.167. The van der Waals surface area contributed by atoms with Crippen LogP contribution in [0.15, 0.2) is 303 Å². The van der Waals surface area contributed by atoms with Crippen LogP contribution >= 0.6 is 24.0 Å². The third kappa shape index (κ3) is 126. The Morgan fingerprint density at radius 3 is 0.760 bits per heavy atom. The molecule has 0 radical (unpaired) electrons. The van der Waals surface area contributed by atoms with Gasteiger partial charge in [-0.05, 0) is 168 Å². The Morgan fingerprint density at radius 2 is 0.589 bits per heavy atom. The number of hydrogen-bond acceptors (Lipinski definition) is 9. The Labute approximate surface area is 812 Å². The summed E-state index contributed by atoms with van der Waals surface area (Å²) < 4.78 is 18.8. The van der Waals surface area contributed by atoms with E-state index in [1.807, 2.05) is 165 Å². The normalized spacial score (nSPS) is 9.42. The molecule has 0 fully saturated rings. The molecule has 0 aliphatic heterocycles. The molecule has 0 aromatic heterocycles. The smallest absolute Gasteiger partial charge is 0.126 e. The van der Waals surface area contributed by atoms with Crippen LogP contribution in [0.4, 0.5) is 5.69 Å². The molecule has 0 aliphatic carbocycles. The van der Waals surface area contributed by atoms with Crippen LogP contribution in [0.1, 0.15) is 213 Å². The van der Waals surface area contributed by atoms with E-state index in [2.05, 4.69) is 411 Å². The standard InChI is InChI=1S/C15H16.C14H16Si.C8H11N.3C8H10.C7H8.C6H14O3.C6H6.2C5H12.C4H12Si.C4H10.C4H8.C3H9N.C3H6O.C3H6S.C3H8.C2H6O.C2H6S/c2*1-15(2,13-9-5-3-6-10-13)14-11-7-4-8-12-14;1-9(2)8-6-4-3-5-7-8;1-7-3-5-8(2)6-4-7;1-7-4-3-5-8(2)6-7;1-7-5-3-4-6-8(7)2;1-7-5-3-2-4-6-7;1-7-3-5-9-6-4-8-2;1-2-4-6-5-3-1;1-5(2,3)4;1-3-5-4-2;1-5(2,3)4;2*1-3-4-2;1-4(2)3;2*1-3(2)4;3*1-3-2/h2*3-12H,1-2H3;3-7H,1-2H3;3*3-6H,1-2H3;2-6H,1H3;3-6H2,1-2H3;1-6H;1-4H3;3-5H2,1-2H3;1-4H3;3-4H2,1-2H3;3-4H,1-2H3;1-3H3;2*1-2H3;3H2,1-2H3;2*1-2H3/b;;;;;;;;;;;;;4-3-;;;;;;. The molecule has 7 nitrogen and oxygen atoms in total. The number of ether oxygens (including phenoxy) is 4. The van der Waals surface area contributed by atoms with Crippen LogP contribution in [-0.2, 0) is 29.2 Å². The quantitative estimate of drug-likeness (QED) is 0.0459.